The SMILES string of the molecule is CN=C(NCCC1CCCN(C(=O)OC(C)(C)C)C1)NC1CCN(C2CCCC2)CC1. The van der Waals surface area contributed by atoms with Crippen LogP contribution in [0.1, 0.15) is 78.6 Å². The predicted molar refractivity (Wildman–Crippen MR) is 126 cm³/mol. The Bertz CT molecular complexity index is 589. The van der Waals surface area contributed by atoms with Crippen LogP contribution in [0.15, 0.2) is 4.99 Å². The summed E-state index contributed by atoms with van der Waals surface area (Å²) < 4.78 is 5.55. The number of hydrogen-bond donors (Lipinski definition) is 2. The molecule has 0 aromatic heterocycles. The number of carbonyl (C=O) groups excluding carboxylic acids is 1. The topological polar surface area (TPSA) is 69.2 Å². The number of ether oxygens (including phenoxy) is 1. The van der Waals surface area contributed by atoms with Gasteiger partial charge in [0.05, 0.1) is 0 Å². The molecule has 0 spiro atoms. The van der Waals surface area contributed by atoms with Crippen molar-refractivity contribution in [3.63, 3.8) is 0 Å². The minimum absolute atomic E-state index is 0.174. The Kier molecular flexibility index (Phi) is 8.87. The summed E-state index contributed by atoms with van der Waals surface area (Å²) in [6, 6.07) is 1.36. The van der Waals surface area contributed by atoms with Crippen molar-refractivity contribution in [1.82, 2.24) is 20.4 Å². The molecule has 2 saturated heterocycles. The van der Waals surface area contributed by atoms with Gasteiger partial charge in [-0.1, -0.05) is 12.8 Å². The van der Waals surface area contributed by atoms with Gasteiger partial charge < -0.3 is 25.2 Å². The molecule has 1 aliphatic carbocycles. The summed E-state index contributed by atoms with van der Waals surface area (Å²) in [5.41, 5.74) is -0.434. The summed E-state index contributed by atoms with van der Waals surface area (Å²) in [4.78, 5) is 21.4. The zero-order chi connectivity index (χ0) is 22.3. The Balaban J connectivity index is 1.34. The summed E-state index contributed by atoms with van der Waals surface area (Å²) in [7, 11) is 1.85. The largest absolute Gasteiger partial charge is 0.444 e. The van der Waals surface area contributed by atoms with Gasteiger partial charge in [-0.25, -0.2) is 4.79 Å². The molecular formula is C24H45N5O2. The average molecular weight is 436 g/mol. The fraction of sp³-hybridized carbons (Fsp3) is 0.917. The molecule has 0 aromatic carbocycles. The highest BCUT2D eigenvalue weighted by atomic mass is 16.6. The second-order valence-electron chi connectivity index (χ2n) is 10.6. The standard InChI is InChI=1S/C24H45N5O2/c1-24(2,3)31-23(30)29-15-7-8-19(18-29)11-14-26-22(25-4)27-20-12-16-28(17-13-20)21-9-5-6-10-21/h19-21H,5-18H2,1-4H3,(H2,25,26,27). The molecule has 3 aliphatic rings. The van der Waals surface area contributed by atoms with Crippen LogP contribution in [0.3, 0.4) is 0 Å². The third-order valence-corrected chi connectivity index (χ3v) is 6.95. The molecule has 1 amide bonds. The smallest absolute Gasteiger partial charge is 0.410 e. The molecule has 7 heteroatoms. The summed E-state index contributed by atoms with van der Waals surface area (Å²) in [5, 5.41) is 7.14. The van der Waals surface area contributed by atoms with Gasteiger partial charge in [0.15, 0.2) is 5.96 Å². The lowest BCUT2D eigenvalue weighted by atomic mass is 9.95. The molecule has 1 atom stereocenters. The van der Waals surface area contributed by atoms with Crippen LogP contribution in [0.5, 0.6) is 0 Å². The van der Waals surface area contributed by atoms with E-state index in [9.17, 15) is 4.79 Å². The van der Waals surface area contributed by atoms with Crippen LogP contribution < -0.4 is 10.6 Å². The Hall–Kier alpha value is -1.50. The van der Waals surface area contributed by atoms with E-state index in [1.54, 1.807) is 0 Å². The van der Waals surface area contributed by atoms with E-state index in [-0.39, 0.29) is 6.09 Å². The van der Waals surface area contributed by atoms with E-state index in [2.05, 4.69) is 20.5 Å². The van der Waals surface area contributed by atoms with E-state index in [1.807, 2.05) is 32.7 Å². The van der Waals surface area contributed by atoms with Crippen LogP contribution in [0, 0.1) is 5.92 Å². The number of hydrogen-bond acceptors (Lipinski definition) is 4. The van der Waals surface area contributed by atoms with Crippen LogP contribution in [0.25, 0.3) is 0 Å². The molecule has 3 fully saturated rings. The predicted octanol–water partition coefficient (Wildman–Crippen LogP) is 3.60. The maximum Gasteiger partial charge on any atom is 0.410 e. The van der Waals surface area contributed by atoms with Gasteiger partial charge in [0.25, 0.3) is 0 Å². The van der Waals surface area contributed by atoms with Crippen molar-refractivity contribution >= 4 is 12.1 Å². The molecule has 0 radical (unpaired) electrons. The molecule has 0 bridgehead atoms. The number of rotatable bonds is 5. The Morgan fingerprint density at radius 1 is 1.03 bits per heavy atom. The van der Waals surface area contributed by atoms with Crippen molar-refractivity contribution in [2.24, 2.45) is 10.9 Å². The second-order valence-corrected chi connectivity index (χ2v) is 10.6. The van der Waals surface area contributed by atoms with Crippen LogP contribution in [-0.4, -0.2) is 79.3 Å². The van der Waals surface area contributed by atoms with Crippen molar-refractivity contribution in [3.8, 4) is 0 Å². The zero-order valence-corrected chi connectivity index (χ0v) is 20.3. The summed E-state index contributed by atoms with van der Waals surface area (Å²) in [5.74, 6) is 1.43. The van der Waals surface area contributed by atoms with Crippen LogP contribution in [0.4, 0.5) is 4.79 Å². The number of amides is 1. The minimum Gasteiger partial charge on any atom is -0.444 e. The highest BCUT2D eigenvalue weighted by Gasteiger charge is 2.29. The highest BCUT2D eigenvalue weighted by Crippen LogP contribution is 2.26. The van der Waals surface area contributed by atoms with E-state index < -0.39 is 5.60 Å². The first-order valence-electron chi connectivity index (χ1n) is 12.5. The number of piperidine rings is 2. The van der Waals surface area contributed by atoms with Crippen LogP contribution >= 0.6 is 0 Å². The van der Waals surface area contributed by atoms with E-state index in [0.717, 1.165) is 44.5 Å². The number of aliphatic imine (C=N–C) groups is 1. The molecule has 2 heterocycles. The van der Waals surface area contributed by atoms with Crippen molar-refractivity contribution < 1.29 is 9.53 Å². The van der Waals surface area contributed by atoms with Crippen molar-refractivity contribution in [2.45, 2.75) is 96.2 Å². The van der Waals surface area contributed by atoms with Crippen LogP contribution in [-0.2, 0) is 4.74 Å². The number of carbonyl (C=O) groups is 1. The van der Waals surface area contributed by atoms with E-state index >= 15 is 0 Å². The molecule has 2 aliphatic heterocycles. The van der Waals surface area contributed by atoms with Crippen molar-refractivity contribution in [2.75, 3.05) is 39.8 Å². The first-order chi connectivity index (χ1) is 14.8. The van der Waals surface area contributed by atoms with Gasteiger partial charge >= 0.3 is 6.09 Å². The van der Waals surface area contributed by atoms with Crippen molar-refractivity contribution in [3.05, 3.63) is 0 Å². The molecular weight excluding hydrogens is 390 g/mol. The molecule has 7 nitrogen and oxygen atoms in total. The first-order valence-corrected chi connectivity index (χ1v) is 12.5. The quantitative estimate of drug-likeness (QED) is 0.510. The number of likely N-dealkylation sites (tertiary alicyclic amines) is 2. The first kappa shape index (κ1) is 24.1. The van der Waals surface area contributed by atoms with Gasteiger partial charge in [0.2, 0.25) is 0 Å². The van der Waals surface area contributed by atoms with E-state index in [0.29, 0.717) is 12.0 Å². The number of nitrogens with one attached hydrogen (secondary N) is 2. The Morgan fingerprint density at radius 2 is 1.74 bits per heavy atom. The summed E-state index contributed by atoms with van der Waals surface area (Å²) in [6.45, 7) is 10.7. The number of guanidine groups is 1. The molecule has 2 N–H and O–H groups in total. The maximum atomic E-state index is 12.4. The molecule has 31 heavy (non-hydrogen) atoms. The zero-order valence-electron chi connectivity index (χ0n) is 20.3. The molecule has 0 aromatic rings. The van der Waals surface area contributed by atoms with Gasteiger partial charge in [-0.2, -0.15) is 0 Å². The van der Waals surface area contributed by atoms with Gasteiger partial charge in [0, 0.05) is 51.9 Å². The van der Waals surface area contributed by atoms with Gasteiger partial charge in [-0.3, -0.25) is 4.99 Å². The Morgan fingerprint density at radius 3 is 2.39 bits per heavy atom. The molecule has 1 saturated carbocycles. The third-order valence-electron chi connectivity index (χ3n) is 6.95. The normalized spacial score (nSPS) is 25.0. The third kappa shape index (κ3) is 7.85. The monoisotopic (exact) mass is 435 g/mol. The van der Waals surface area contributed by atoms with Gasteiger partial charge in [-0.05, 0) is 71.6 Å². The molecule has 1 unspecified atom stereocenters. The second kappa shape index (κ2) is 11.4. The lowest BCUT2D eigenvalue weighted by Crippen LogP contribution is -2.50. The number of nitrogens with zero attached hydrogens (tertiary/aromatic N) is 3. The van der Waals surface area contributed by atoms with Gasteiger partial charge in [0.1, 0.15) is 5.60 Å². The average Bonchev–Trinajstić information content (AvgIpc) is 3.27. The van der Waals surface area contributed by atoms with Crippen molar-refractivity contribution in [1.29, 1.82) is 0 Å². The van der Waals surface area contributed by atoms with E-state index in [1.165, 1.54) is 58.0 Å². The molecule has 3 rings (SSSR count). The fourth-order valence-corrected chi connectivity index (χ4v) is 5.25. The maximum absolute atomic E-state index is 12.4. The van der Waals surface area contributed by atoms with E-state index in [4.69, 9.17) is 4.74 Å². The van der Waals surface area contributed by atoms with Gasteiger partial charge in [-0.15, -0.1) is 0 Å². The Labute approximate surface area is 189 Å². The minimum atomic E-state index is -0.434. The lowest BCUT2D eigenvalue weighted by Gasteiger charge is -2.36. The summed E-state index contributed by atoms with van der Waals surface area (Å²) in [6.07, 6.45) is 11.1. The lowest BCUT2D eigenvalue weighted by molar-refractivity contribution is 0.0162. The molecule has 178 valence electrons. The van der Waals surface area contributed by atoms with Crippen LogP contribution in [0.2, 0.25) is 0 Å². The summed E-state index contributed by atoms with van der Waals surface area (Å²) >= 11 is 0. The fourth-order valence-electron chi connectivity index (χ4n) is 5.25. The highest BCUT2D eigenvalue weighted by molar-refractivity contribution is 5.79.